The van der Waals surface area contributed by atoms with E-state index in [1.54, 1.807) is 30.3 Å². The summed E-state index contributed by atoms with van der Waals surface area (Å²) in [5.41, 5.74) is 6.91. The first-order chi connectivity index (χ1) is 17.4. The maximum atomic E-state index is 11.1. The van der Waals surface area contributed by atoms with E-state index < -0.39 is 0 Å². The van der Waals surface area contributed by atoms with Crippen molar-refractivity contribution in [2.75, 3.05) is 0 Å². The van der Waals surface area contributed by atoms with E-state index in [1.807, 2.05) is 24.3 Å². The van der Waals surface area contributed by atoms with Crippen molar-refractivity contribution in [2.45, 2.75) is 31.8 Å². The first-order valence-electron chi connectivity index (χ1n) is 10.9. The Morgan fingerprint density at radius 3 is 1.61 bits per heavy atom. The number of carbonyl (C=O) groups excluding carboxylic acids is 4. The second-order valence-electron chi connectivity index (χ2n) is 8.04. The van der Waals surface area contributed by atoms with E-state index in [0.29, 0.717) is 48.4 Å². The number of alkyl halides is 1. The molecule has 184 valence electrons. The number of hydrogen-bond donors (Lipinski definition) is 1. The summed E-state index contributed by atoms with van der Waals surface area (Å²) in [6.07, 6.45) is 0.714. The van der Waals surface area contributed by atoms with Crippen LogP contribution in [0.15, 0.2) is 54.6 Å². The number of aliphatic hydroxyl groups is 1. The lowest BCUT2D eigenvalue weighted by Crippen LogP contribution is -1.95. The third kappa shape index (κ3) is 5.53. The average Bonchev–Trinajstić information content (AvgIpc) is 3.61. The first kappa shape index (κ1) is 25.3. The molecule has 0 amide bonds. The van der Waals surface area contributed by atoms with E-state index in [4.69, 9.17) is 19.3 Å². The fourth-order valence-corrected chi connectivity index (χ4v) is 4.06. The van der Waals surface area contributed by atoms with Gasteiger partial charge in [-0.1, -0.05) is 52.3 Å². The zero-order valence-corrected chi connectivity index (χ0v) is 20.6. The number of hydrogen-bond acceptors (Lipinski definition) is 8. The molecule has 0 spiro atoms. The quantitative estimate of drug-likeness (QED) is 0.221. The van der Waals surface area contributed by atoms with Gasteiger partial charge in [-0.25, -0.2) is 14.4 Å². The van der Waals surface area contributed by atoms with Crippen LogP contribution in [0.1, 0.15) is 69.2 Å². The van der Waals surface area contributed by atoms with E-state index in [0.717, 1.165) is 33.1 Å². The molecule has 8 nitrogen and oxygen atoms in total. The largest absolute Gasteiger partial charge is 0.457 e. The maximum Gasteiger partial charge on any atom is 0.338 e. The van der Waals surface area contributed by atoms with E-state index in [9.17, 15) is 19.2 Å². The summed E-state index contributed by atoms with van der Waals surface area (Å²) in [4.78, 5) is 43.5. The van der Waals surface area contributed by atoms with Gasteiger partial charge in [-0.3, -0.25) is 4.79 Å². The molecule has 3 heterocycles. The minimum absolute atomic E-state index is 0.0411. The molecule has 9 heteroatoms. The fraction of sp³-hybridized carbons (Fsp3) is 0.185. The minimum atomic E-state index is -0.339. The molecule has 3 aromatic carbocycles. The molecule has 0 aliphatic carbocycles. The number of rotatable bonds is 3. The zero-order valence-electron chi connectivity index (χ0n) is 19.0. The van der Waals surface area contributed by atoms with Gasteiger partial charge < -0.3 is 19.3 Å². The SMILES string of the molecule is O=C1OCc2ccc(CBr)cc21.O=C1OCc2ccc(CO)cc21.O=Cc1ccc2c(c1)C(=O)OC2. The third-order valence-corrected chi connectivity index (χ3v) is 6.34. The monoisotopic (exact) mass is 552 g/mol. The van der Waals surface area contributed by atoms with E-state index in [1.165, 1.54) is 0 Å². The molecule has 3 aromatic rings. The Hall–Kier alpha value is -3.82. The highest BCUT2D eigenvalue weighted by Crippen LogP contribution is 2.23. The van der Waals surface area contributed by atoms with Crippen molar-refractivity contribution in [1.29, 1.82) is 0 Å². The molecule has 6 rings (SSSR count). The van der Waals surface area contributed by atoms with Crippen molar-refractivity contribution >= 4 is 40.1 Å². The fourth-order valence-electron chi connectivity index (χ4n) is 3.71. The summed E-state index contributed by atoms with van der Waals surface area (Å²) in [6, 6.07) is 16.1. The number of halogens is 1. The highest BCUT2D eigenvalue weighted by molar-refractivity contribution is 9.08. The molecule has 0 radical (unpaired) electrons. The molecule has 0 aromatic heterocycles. The van der Waals surface area contributed by atoms with Crippen molar-refractivity contribution in [3.63, 3.8) is 0 Å². The van der Waals surface area contributed by atoms with Crippen molar-refractivity contribution in [3.8, 4) is 0 Å². The van der Waals surface area contributed by atoms with Crippen molar-refractivity contribution < 1.29 is 38.5 Å². The molecule has 0 atom stereocenters. The summed E-state index contributed by atoms with van der Waals surface area (Å²) in [5.74, 6) is -0.832. The average molecular weight is 553 g/mol. The number of esters is 3. The Bertz CT molecular complexity index is 1280. The Labute approximate surface area is 214 Å². The normalized spacial score (nSPS) is 14.1. The van der Waals surface area contributed by atoms with Crippen LogP contribution in [0.2, 0.25) is 0 Å². The van der Waals surface area contributed by atoms with Crippen LogP contribution < -0.4 is 0 Å². The molecule has 0 saturated heterocycles. The smallest absolute Gasteiger partial charge is 0.338 e. The van der Waals surface area contributed by atoms with E-state index >= 15 is 0 Å². The lowest BCUT2D eigenvalue weighted by atomic mass is 10.1. The number of cyclic esters (lactones) is 3. The molecule has 0 saturated carbocycles. The number of ether oxygens (including phenoxy) is 3. The standard InChI is InChI=1S/C9H7BrO2.C9H8O3.C9H6O3/c3*10-4-6-1-2-7-5-12-9(11)8(7)3-6/h1-3H,4-5H2;1-3,10H,4-5H2;1-4H,5H2. The third-order valence-electron chi connectivity index (χ3n) is 5.69. The van der Waals surface area contributed by atoms with Crippen LogP contribution in [-0.4, -0.2) is 29.3 Å². The van der Waals surface area contributed by atoms with Crippen LogP contribution in [0.25, 0.3) is 0 Å². The van der Waals surface area contributed by atoms with Crippen LogP contribution in [0, 0.1) is 0 Å². The summed E-state index contributed by atoms with van der Waals surface area (Å²) in [6.45, 7) is 1.07. The highest BCUT2D eigenvalue weighted by Gasteiger charge is 2.22. The van der Waals surface area contributed by atoms with E-state index in [-0.39, 0.29) is 24.5 Å². The zero-order chi connectivity index (χ0) is 25.7. The Morgan fingerprint density at radius 1 is 0.694 bits per heavy atom. The highest BCUT2D eigenvalue weighted by atomic mass is 79.9. The number of benzene rings is 3. The van der Waals surface area contributed by atoms with Gasteiger partial charge in [0.1, 0.15) is 26.1 Å². The number of fused-ring (bicyclic) bond motifs is 3. The number of aldehydes is 1. The summed E-state index contributed by atoms with van der Waals surface area (Å²) in [5, 5.41) is 9.57. The summed E-state index contributed by atoms with van der Waals surface area (Å²) >= 11 is 3.33. The van der Waals surface area contributed by atoms with Crippen LogP contribution in [0.3, 0.4) is 0 Å². The molecule has 0 bridgehead atoms. The molecule has 0 unspecified atom stereocenters. The van der Waals surface area contributed by atoms with Gasteiger partial charge in [-0.05, 0) is 29.3 Å². The lowest BCUT2D eigenvalue weighted by molar-refractivity contribution is 0.0526. The molecule has 36 heavy (non-hydrogen) atoms. The van der Waals surface area contributed by atoms with Gasteiger partial charge in [-0.2, -0.15) is 0 Å². The summed E-state index contributed by atoms with van der Waals surface area (Å²) < 4.78 is 14.4. The number of aliphatic hydroxyl groups excluding tert-OH is 1. The second kappa shape index (κ2) is 11.3. The van der Waals surface area contributed by atoms with Gasteiger partial charge in [0.25, 0.3) is 0 Å². The van der Waals surface area contributed by atoms with Crippen LogP contribution in [0.5, 0.6) is 0 Å². The molecule has 3 aliphatic rings. The van der Waals surface area contributed by atoms with Crippen molar-refractivity contribution in [3.05, 3.63) is 105 Å². The van der Waals surface area contributed by atoms with Crippen molar-refractivity contribution in [1.82, 2.24) is 0 Å². The predicted octanol–water partition coefficient (Wildman–Crippen LogP) is 4.27. The second-order valence-corrected chi connectivity index (χ2v) is 8.60. The van der Waals surface area contributed by atoms with Gasteiger partial charge in [-0.15, -0.1) is 0 Å². The van der Waals surface area contributed by atoms with E-state index in [2.05, 4.69) is 15.9 Å². The molecular formula is C27H21BrO8. The maximum absolute atomic E-state index is 11.1. The molecule has 0 fully saturated rings. The molecular weight excluding hydrogens is 532 g/mol. The topological polar surface area (TPSA) is 116 Å². The number of carbonyl (C=O) groups is 4. The van der Waals surface area contributed by atoms with Crippen LogP contribution in [0.4, 0.5) is 0 Å². The van der Waals surface area contributed by atoms with Gasteiger partial charge >= 0.3 is 17.9 Å². The Balaban J connectivity index is 0.000000127. The molecule has 1 N–H and O–H groups in total. The minimum Gasteiger partial charge on any atom is -0.457 e. The first-order valence-corrected chi connectivity index (χ1v) is 12.1. The van der Waals surface area contributed by atoms with Crippen molar-refractivity contribution in [2.24, 2.45) is 0 Å². The van der Waals surface area contributed by atoms with Gasteiger partial charge in [0.2, 0.25) is 0 Å². The Kier molecular flexibility index (Phi) is 7.92. The Morgan fingerprint density at radius 2 is 1.14 bits per heavy atom. The van der Waals surface area contributed by atoms with Gasteiger partial charge in [0.05, 0.1) is 23.3 Å². The van der Waals surface area contributed by atoms with Crippen LogP contribution in [-0.2, 0) is 46.0 Å². The van der Waals surface area contributed by atoms with Gasteiger partial charge in [0, 0.05) is 27.6 Å². The molecule has 3 aliphatic heterocycles. The lowest BCUT2D eigenvalue weighted by Gasteiger charge is -1.96. The summed E-state index contributed by atoms with van der Waals surface area (Å²) in [7, 11) is 0. The van der Waals surface area contributed by atoms with Gasteiger partial charge in [0.15, 0.2) is 0 Å². The predicted molar refractivity (Wildman–Crippen MR) is 131 cm³/mol. The van der Waals surface area contributed by atoms with Crippen LogP contribution >= 0.6 is 15.9 Å².